The molecule has 1 aromatic carbocycles. The van der Waals surface area contributed by atoms with Gasteiger partial charge in [0.05, 0.1) is 18.8 Å². The van der Waals surface area contributed by atoms with Gasteiger partial charge in [0.25, 0.3) is 0 Å². The molecule has 3 aliphatic heterocycles. The van der Waals surface area contributed by atoms with E-state index in [1.54, 1.807) is 0 Å². The summed E-state index contributed by atoms with van der Waals surface area (Å²) in [4.78, 5) is 9.68. The summed E-state index contributed by atoms with van der Waals surface area (Å²) in [5, 5.41) is 10.3. The van der Waals surface area contributed by atoms with Crippen molar-refractivity contribution >= 4 is 17.4 Å². The molecule has 0 bridgehead atoms. The SMILES string of the molecule is Cc1cc(C)nc(N2CC3(CC(c4nnc5n4-c4ccc(Cl)cc4CN([C@@H]4CCOC4)C5)C3)C2)c1. The Hall–Kier alpha value is -2.48. The molecule has 8 heteroatoms. The van der Waals surface area contributed by atoms with E-state index in [2.05, 4.69) is 52.5 Å². The highest BCUT2D eigenvalue weighted by Gasteiger charge is 2.54. The van der Waals surface area contributed by atoms with Gasteiger partial charge >= 0.3 is 0 Å². The maximum absolute atomic E-state index is 6.43. The van der Waals surface area contributed by atoms with Crippen molar-refractivity contribution in [3.63, 3.8) is 0 Å². The highest BCUT2D eigenvalue weighted by atomic mass is 35.5. The number of rotatable bonds is 3. The second kappa shape index (κ2) is 8.02. The lowest BCUT2D eigenvalue weighted by Crippen LogP contribution is -2.62. The number of hydrogen-bond donors (Lipinski definition) is 0. The molecule has 1 aliphatic carbocycles. The number of aromatic nitrogens is 4. The first kappa shape index (κ1) is 21.8. The van der Waals surface area contributed by atoms with E-state index in [0.717, 1.165) is 86.8 Å². The summed E-state index contributed by atoms with van der Waals surface area (Å²) >= 11 is 6.43. The first-order valence-corrected chi connectivity index (χ1v) is 13.1. The third-order valence-corrected chi connectivity index (χ3v) is 8.60. The maximum Gasteiger partial charge on any atom is 0.151 e. The van der Waals surface area contributed by atoms with Crippen LogP contribution in [0.25, 0.3) is 5.69 Å². The number of aryl methyl sites for hydroxylation is 2. The van der Waals surface area contributed by atoms with Gasteiger partial charge in [-0.25, -0.2) is 4.98 Å². The first-order chi connectivity index (χ1) is 17.0. The molecular weight excluding hydrogens is 460 g/mol. The minimum absolute atomic E-state index is 0.386. The van der Waals surface area contributed by atoms with Gasteiger partial charge in [-0.2, -0.15) is 0 Å². The summed E-state index contributed by atoms with van der Waals surface area (Å²) in [6, 6.07) is 11.0. The van der Waals surface area contributed by atoms with Gasteiger partial charge in [-0.05, 0) is 74.6 Å². The molecule has 1 spiro atoms. The molecule has 2 aromatic heterocycles. The smallest absolute Gasteiger partial charge is 0.151 e. The second-order valence-corrected chi connectivity index (χ2v) is 11.5. The lowest BCUT2D eigenvalue weighted by atomic mass is 9.57. The van der Waals surface area contributed by atoms with Crippen molar-refractivity contribution in [1.29, 1.82) is 0 Å². The number of hydrogen-bond acceptors (Lipinski definition) is 6. The Morgan fingerprint density at radius 1 is 1.06 bits per heavy atom. The van der Waals surface area contributed by atoms with Crippen molar-refractivity contribution in [2.45, 2.75) is 58.2 Å². The van der Waals surface area contributed by atoms with Gasteiger partial charge in [-0.3, -0.25) is 9.47 Å². The second-order valence-electron chi connectivity index (χ2n) is 11.1. The summed E-state index contributed by atoms with van der Waals surface area (Å²) in [6.07, 6.45) is 3.39. The molecule has 4 aliphatic rings. The zero-order valence-electron chi connectivity index (χ0n) is 20.4. The molecule has 3 aromatic rings. The minimum atomic E-state index is 0.386. The molecule has 1 atom stereocenters. The molecule has 5 heterocycles. The number of fused-ring (bicyclic) bond motifs is 3. The Labute approximate surface area is 211 Å². The molecule has 7 nitrogen and oxygen atoms in total. The molecule has 0 N–H and O–H groups in total. The average Bonchev–Trinajstić information content (AvgIpc) is 3.39. The summed E-state index contributed by atoms with van der Waals surface area (Å²) in [5.41, 5.74) is 5.19. The van der Waals surface area contributed by atoms with Gasteiger partial charge in [0, 0.05) is 54.3 Å². The Morgan fingerprint density at radius 2 is 1.91 bits per heavy atom. The van der Waals surface area contributed by atoms with Gasteiger partial charge in [0.1, 0.15) is 11.6 Å². The fourth-order valence-corrected chi connectivity index (χ4v) is 6.91. The highest BCUT2D eigenvalue weighted by molar-refractivity contribution is 6.30. The Kier molecular flexibility index (Phi) is 4.99. The number of halogens is 1. The normalized spacial score (nSPS) is 23.5. The van der Waals surface area contributed by atoms with E-state index >= 15 is 0 Å². The van der Waals surface area contributed by atoms with E-state index in [4.69, 9.17) is 31.5 Å². The van der Waals surface area contributed by atoms with Crippen LogP contribution in [-0.4, -0.2) is 57.0 Å². The zero-order chi connectivity index (χ0) is 23.7. The number of nitrogens with zero attached hydrogens (tertiary/aromatic N) is 6. The number of ether oxygens (including phenoxy) is 1. The van der Waals surface area contributed by atoms with Crippen LogP contribution >= 0.6 is 11.6 Å². The van der Waals surface area contributed by atoms with Crippen molar-refractivity contribution in [3.8, 4) is 5.69 Å². The predicted octanol–water partition coefficient (Wildman–Crippen LogP) is 4.42. The number of pyridine rings is 1. The maximum atomic E-state index is 6.43. The highest BCUT2D eigenvalue weighted by Crippen LogP contribution is 2.56. The van der Waals surface area contributed by atoms with Crippen molar-refractivity contribution in [2.75, 3.05) is 31.2 Å². The molecule has 182 valence electrons. The topological polar surface area (TPSA) is 59.3 Å². The van der Waals surface area contributed by atoms with Crippen LogP contribution in [0.3, 0.4) is 0 Å². The van der Waals surface area contributed by atoms with E-state index in [1.807, 2.05) is 6.07 Å². The fraction of sp³-hybridized carbons (Fsp3) is 0.519. The largest absolute Gasteiger partial charge is 0.380 e. The quantitative estimate of drug-likeness (QED) is 0.541. The number of anilines is 1. The van der Waals surface area contributed by atoms with E-state index < -0.39 is 0 Å². The molecule has 2 saturated heterocycles. The molecule has 3 fully saturated rings. The van der Waals surface area contributed by atoms with Crippen LogP contribution in [0.2, 0.25) is 5.02 Å². The van der Waals surface area contributed by atoms with E-state index in [9.17, 15) is 0 Å². The van der Waals surface area contributed by atoms with Crippen LogP contribution in [0.15, 0.2) is 30.3 Å². The average molecular weight is 491 g/mol. The standard InChI is InChI=1S/C27H31ClN6O/c1-17-7-18(2)29-24(8-17)33-15-27(16-33)10-20(11-27)26-31-30-25-13-32(22-5-6-35-14-22)12-19-9-21(28)3-4-23(19)34(25)26/h3-4,7-9,20,22H,5-6,10-16H2,1-2H3/t22-/m1/s1. The lowest BCUT2D eigenvalue weighted by molar-refractivity contribution is 0.0581. The molecule has 7 rings (SSSR count). The van der Waals surface area contributed by atoms with Gasteiger partial charge in [-0.1, -0.05) is 11.6 Å². The van der Waals surface area contributed by atoms with E-state index in [-0.39, 0.29) is 0 Å². The first-order valence-electron chi connectivity index (χ1n) is 12.7. The summed E-state index contributed by atoms with van der Waals surface area (Å²) in [6.45, 7) is 9.67. The molecule has 0 amide bonds. The fourth-order valence-electron chi connectivity index (χ4n) is 6.72. The van der Waals surface area contributed by atoms with E-state index in [0.29, 0.717) is 17.4 Å². The minimum Gasteiger partial charge on any atom is -0.380 e. The van der Waals surface area contributed by atoms with Crippen molar-refractivity contribution in [2.24, 2.45) is 5.41 Å². The predicted molar refractivity (Wildman–Crippen MR) is 135 cm³/mol. The van der Waals surface area contributed by atoms with Crippen molar-refractivity contribution in [3.05, 3.63) is 63.8 Å². The van der Waals surface area contributed by atoms with Gasteiger partial charge in [-0.15, -0.1) is 10.2 Å². The zero-order valence-corrected chi connectivity index (χ0v) is 21.1. The molecular formula is C27H31ClN6O. The summed E-state index contributed by atoms with van der Waals surface area (Å²) in [7, 11) is 0. The summed E-state index contributed by atoms with van der Waals surface area (Å²) < 4.78 is 8.03. The van der Waals surface area contributed by atoms with Gasteiger partial charge < -0.3 is 9.64 Å². The lowest BCUT2D eigenvalue weighted by Gasteiger charge is -2.59. The Morgan fingerprint density at radius 3 is 2.69 bits per heavy atom. The number of benzene rings is 1. The third kappa shape index (κ3) is 3.67. The summed E-state index contributed by atoms with van der Waals surface area (Å²) in [5.74, 6) is 3.70. The van der Waals surface area contributed by atoms with Gasteiger partial charge in [0.2, 0.25) is 0 Å². The van der Waals surface area contributed by atoms with Crippen molar-refractivity contribution < 1.29 is 4.74 Å². The Bertz CT molecular complexity index is 1260. The molecule has 1 saturated carbocycles. The molecule has 0 unspecified atom stereocenters. The monoisotopic (exact) mass is 490 g/mol. The van der Waals surface area contributed by atoms with Crippen LogP contribution in [0, 0.1) is 19.3 Å². The molecule has 0 radical (unpaired) electrons. The van der Waals surface area contributed by atoms with Crippen LogP contribution in [0.1, 0.15) is 53.7 Å². The molecule has 35 heavy (non-hydrogen) atoms. The Balaban J connectivity index is 1.14. The van der Waals surface area contributed by atoms with Crippen LogP contribution < -0.4 is 4.90 Å². The van der Waals surface area contributed by atoms with Crippen LogP contribution in [-0.2, 0) is 17.8 Å². The van der Waals surface area contributed by atoms with Crippen LogP contribution in [0.4, 0.5) is 5.82 Å². The van der Waals surface area contributed by atoms with E-state index in [1.165, 1.54) is 16.8 Å². The van der Waals surface area contributed by atoms with Gasteiger partial charge in [0.15, 0.2) is 5.82 Å². The van der Waals surface area contributed by atoms with Crippen molar-refractivity contribution in [1.82, 2.24) is 24.6 Å². The third-order valence-electron chi connectivity index (χ3n) is 8.36. The van der Waals surface area contributed by atoms with Crippen LogP contribution in [0.5, 0.6) is 0 Å².